The first kappa shape index (κ1) is 26.0. The summed E-state index contributed by atoms with van der Waals surface area (Å²) in [5, 5.41) is 9.10. The highest BCUT2D eigenvalue weighted by molar-refractivity contribution is 6.39. The van der Waals surface area contributed by atoms with Crippen molar-refractivity contribution in [3.63, 3.8) is 0 Å². The quantitative estimate of drug-likeness (QED) is 0.241. The Morgan fingerprint density at radius 2 is 1.67 bits per heavy atom. The lowest BCUT2D eigenvalue weighted by Gasteiger charge is -2.11. The molecule has 3 amide bonds. The van der Waals surface area contributed by atoms with Gasteiger partial charge in [-0.2, -0.15) is 5.10 Å². The van der Waals surface area contributed by atoms with E-state index in [0.29, 0.717) is 28.4 Å². The fourth-order valence-corrected chi connectivity index (χ4v) is 3.17. The number of methoxy groups -OCH3 is 1. The third-order valence-electron chi connectivity index (χ3n) is 5.05. The second-order valence-corrected chi connectivity index (χ2v) is 7.82. The summed E-state index contributed by atoms with van der Waals surface area (Å²) in [6.45, 7) is 3.74. The van der Waals surface area contributed by atoms with Gasteiger partial charge in [-0.1, -0.05) is 31.2 Å². The number of nitrogens with one attached hydrogen (secondary N) is 3. The van der Waals surface area contributed by atoms with E-state index in [1.165, 1.54) is 18.9 Å². The van der Waals surface area contributed by atoms with Crippen LogP contribution in [0.5, 0.6) is 11.5 Å². The zero-order valence-corrected chi connectivity index (χ0v) is 20.3. The van der Waals surface area contributed by atoms with Crippen molar-refractivity contribution in [1.29, 1.82) is 0 Å². The maximum Gasteiger partial charge on any atom is 0.329 e. The molecule has 0 spiro atoms. The van der Waals surface area contributed by atoms with E-state index >= 15 is 0 Å². The molecule has 0 saturated heterocycles. The normalized spacial score (nSPS) is 10.5. The number of hydrogen-bond acceptors (Lipinski definition) is 6. The molecule has 0 aliphatic carbocycles. The molecular formula is C27H28N4O5. The van der Waals surface area contributed by atoms with E-state index < -0.39 is 11.8 Å². The maximum absolute atomic E-state index is 12.2. The Hall–Kier alpha value is -4.66. The summed E-state index contributed by atoms with van der Waals surface area (Å²) in [4.78, 5) is 36.2. The molecule has 3 rings (SSSR count). The van der Waals surface area contributed by atoms with Gasteiger partial charge >= 0.3 is 11.8 Å². The first-order valence-electron chi connectivity index (χ1n) is 11.3. The molecule has 3 aromatic carbocycles. The van der Waals surface area contributed by atoms with Gasteiger partial charge in [0.15, 0.2) is 18.1 Å². The van der Waals surface area contributed by atoms with Crippen LogP contribution in [0.2, 0.25) is 0 Å². The van der Waals surface area contributed by atoms with Crippen molar-refractivity contribution in [2.75, 3.05) is 24.4 Å². The summed E-state index contributed by atoms with van der Waals surface area (Å²) < 4.78 is 10.9. The fraction of sp³-hybridized carbons (Fsp3) is 0.185. The molecule has 3 N–H and O–H groups in total. The van der Waals surface area contributed by atoms with Crippen LogP contribution in [0.4, 0.5) is 11.4 Å². The number of carbonyl (C=O) groups excluding carboxylic acids is 3. The molecule has 0 saturated carbocycles. The van der Waals surface area contributed by atoms with Crippen molar-refractivity contribution < 1.29 is 23.9 Å². The first-order valence-corrected chi connectivity index (χ1v) is 11.3. The number of anilines is 2. The number of benzene rings is 3. The van der Waals surface area contributed by atoms with Crippen LogP contribution in [0.25, 0.3) is 0 Å². The maximum atomic E-state index is 12.2. The van der Waals surface area contributed by atoms with Crippen molar-refractivity contribution in [1.82, 2.24) is 5.43 Å². The molecule has 0 aromatic heterocycles. The van der Waals surface area contributed by atoms with E-state index in [1.807, 2.05) is 37.3 Å². The van der Waals surface area contributed by atoms with Crippen molar-refractivity contribution in [2.24, 2.45) is 5.10 Å². The van der Waals surface area contributed by atoms with Gasteiger partial charge in [-0.3, -0.25) is 14.4 Å². The Balaban J connectivity index is 1.51. The van der Waals surface area contributed by atoms with Gasteiger partial charge < -0.3 is 20.1 Å². The summed E-state index contributed by atoms with van der Waals surface area (Å²) in [5.41, 5.74) is 6.11. The summed E-state index contributed by atoms with van der Waals surface area (Å²) in [7, 11) is 1.47. The molecule has 36 heavy (non-hydrogen) atoms. The third-order valence-corrected chi connectivity index (χ3v) is 5.05. The van der Waals surface area contributed by atoms with Gasteiger partial charge in [0, 0.05) is 11.4 Å². The molecule has 9 nitrogen and oxygen atoms in total. The average Bonchev–Trinajstić information content (AvgIpc) is 2.88. The van der Waals surface area contributed by atoms with Gasteiger partial charge in [-0.25, -0.2) is 5.43 Å². The van der Waals surface area contributed by atoms with Gasteiger partial charge in [0.25, 0.3) is 5.91 Å². The van der Waals surface area contributed by atoms with E-state index in [0.717, 1.165) is 12.0 Å². The van der Waals surface area contributed by atoms with Crippen LogP contribution in [-0.4, -0.2) is 37.7 Å². The fourth-order valence-electron chi connectivity index (χ4n) is 3.17. The molecule has 186 valence electrons. The van der Waals surface area contributed by atoms with Crippen LogP contribution < -0.4 is 25.5 Å². The zero-order valence-electron chi connectivity index (χ0n) is 20.3. The lowest BCUT2D eigenvalue weighted by Crippen LogP contribution is -2.32. The van der Waals surface area contributed by atoms with Crippen molar-refractivity contribution in [3.05, 3.63) is 83.4 Å². The van der Waals surface area contributed by atoms with Crippen LogP contribution >= 0.6 is 0 Å². The van der Waals surface area contributed by atoms with Crippen molar-refractivity contribution in [3.8, 4) is 11.5 Å². The standard InChI is InChI=1S/C27H28N4O5/c1-4-19-8-11-21(12-9-19)29-25(32)17-36-23-13-10-20(15-24(23)35-3)16-28-31-27(34)26(33)30-22-7-5-6-18(2)14-22/h5-16H,4,17H2,1-3H3,(H,29,32)(H,30,33)(H,31,34)/b28-16-. The Morgan fingerprint density at radius 1 is 0.889 bits per heavy atom. The molecule has 0 radical (unpaired) electrons. The Bertz CT molecular complexity index is 1260. The van der Waals surface area contributed by atoms with Crippen LogP contribution in [0.15, 0.2) is 71.8 Å². The molecule has 0 atom stereocenters. The molecule has 0 bridgehead atoms. The average molecular weight is 489 g/mol. The third kappa shape index (κ3) is 7.69. The number of nitrogens with zero attached hydrogens (tertiary/aromatic N) is 1. The molecule has 3 aromatic rings. The van der Waals surface area contributed by atoms with Crippen LogP contribution in [0.1, 0.15) is 23.6 Å². The molecule has 9 heteroatoms. The van der Waals surface area contributed by atoms with Crippen LogP contribution in [0, 0.1) is 6.92 Å². The summed E-state index contributed by atoms with van der Waals surface area (Å²) in [6, 6.07) is 19.6. The summed E-state index contributed by atoms with van der Waals surface area (Å²) in [6.07, 6.45) is 2.28. The van der Waals surface area contributed by atoms with Crippen LogP contribution in [0.3, 0.4) is 0 Å². The second kappa shape index (κ2) is 12.7. The molecule has 0 unspecified atom stereocenters. The minimum Gasteiger partial charge on any atom is -0.493 e. The molecule has 0 aliphatic heterocycles. The second-order valence-electron chi connectivity index (χ2n) is 7.82. The molecule has 0 aliphatic rings. The number of rotatable bonds is 9. The SMILES string of the molecule is CCc1ccc(NC(=O)COc2ccc(/C=N\NC(=O)C(=O)Nc3cccc(C)c3)cc2OC)cc1. The predicted octanol–water partition coefficient (Wildman–Crippen LogP) is 3.67. The summed E-state index contributed by atoms with van der Waals surface area (Å²) in [5.74, 6) is -1.30. The van der Waals surface area contributed by atoms with E-state index in [9.17, 15) is 14.4 Å². The minimum atomic E-state index is -0.907. The van der Waals surface area contributed by atoms with Gasteiger partial charge in [0.2, 0.25) is 0 Å². The predicted molar refractivity (Wildman–Crippen MR) is 138 cm³/mol. The lowest BCUT2D eigenvalue weighted by atomic mass is 10.1. The van der Waals surface area contributed by atoms with Crippen molar-refractivity contribution >= 4 is 35.3 Å². The number of carbonyl (C=O) groups is 3. The topological polar surface area (TPSA) is 118 Å². The number of ether oxygens (including phenoxy) is 2. The molecular weight excluding hydrogens is 460 g/mol. The Kier molecular flexibility index (Phi) is 9.16. The van der Waals surface area contributed by atoms with Crippen molar-refractivity contribution in [2.45, 2.75) is 20.3 Å². The van der Waals surface area contributed by atoms with Gasteiger partial charge in [-0.15, -0.1) is 0 Å². The lowest BCUT2D eigenvalue weighted by molar-refractivity contribution is -0.136. The Morgan fingerprint density at radius 3 is 2.36 bits per heavy atom. The monoisotopic (exact) mass is 488 g/mol. The molecule has 0 fully saturated rings. The minimum absolute atomic E-state index is 0.203. The smallest absolute Gasteiger partial charge is 0.329 e. The largest absolute Gasteiger partial charge is 0.493 e. The zero-order chi connectivity index (χ0) is 25.9. The Labute approximate surface area is 209 Å². The van der Waals surface area contributed by atoms with E-state index in [2.05, 4.69) is 28.1 Å². The van der Waals surface area contributed by atoms with E-state index in [-0.39, 0.29) is 12.5 Å². The van der Waals surface area contributed by atoms with Crippen LogP contribution in [-0.2, 0) is 20.8 Å². The molecule has 0 heterocycles. The van der Waals surface area contributed by atoms with Gasteiger partial charge in [-0.05, 0) is 72.5 Å². The highest BCUT2D eigenvalue weighted by atomic mass is 16.5. The number of hydrazone groups is 1. The number of aryl methyl sites for hydroxylation is 2. The highest BCUT2D eigenvalue weighted by Gasteiger charge is 2.13. The van der Waals surface area contributed by atoms with E-state index in [1.54, 1.807) is 36.4 Å². The van der Waals surface area contributed by atoms with Gasteiger partial charge in [0.1, 0.15) is 0 Å². The highest BCUT2D eigenvalue weighted by Crippen LogP contribution is 2.27. The summed E-state index contributed by atoms with van der Waals surface area (Å²) >= 11 is 0. The van der Waals surface area contributed by atoms with Gasteiger partial charge in [0.05, 0.1) is 13.3 Å². The number of amides is 3. The first-order chi connectivity index (χ1) is 17.4. The number of hydrogen-bond donors (Lipinski definition) is 3. The van der Waals surface area contributed by atoms with E-state index in [4.69, 9.17) is 9.47 Å².